The SMILES string of the molecule is Cc1cc(NC(=O)c2ccc3c(c2)nc(CN2CC=C(c4cccc(OCc5ccc(Cl)cc5F)n4)CC2)n3C[C@@H]2CCO2)cc2c1NC(=O)C21CC1. The number of aromatic nitrogens is 3. The molecule has 0 radical (unpaired) electrons. The lowest BCUT2D eigenvalue weighted by Gasteiger charge is -2.29. The van der Waals surface area contributed by atoms with Crippen LogP contribution in [0.4, 0.5) is 15.8 Å². The number of fused-ring (bicyclic) bond motifs is 3. The van der Waals surface area contributed by atoms with Gasteiger partial charge < -0.3 is 24.7 Å². The number of ether oxygens (including phenoxy) is 2. The van der Waals surface area contributed by atoms with Gasteiger partial charge in [0.15, 0.2) is 0 Å². The molecule has 1 spiro atoms. The maximum absolute atomic E-state index is 14.2. The Hall–Kier alpha value is -5.10. The monoisotopic (exact) mass is 732 g/mol. The van der Waals surface area contributed by atoms with Crippen LogP contribution in [0.5, 0.6) is 5.88 Å². The lowest BCUT2D eigenvalue weighted by molar-refractivity contribution is -0.117. The van der Waals surface area contributed by atoms with Crippen LogP contribution in [-0.2, 0) is 34.6 Å². The van der Waals surface area contributed by atoms with Gasteiger partial charge in [0.1, 0.15) is 18.2 Å². The fourth-order valence-electron chi connectivity index (χ4n) is 7.61. The van der Waals surface area contributed by atoms with Crippen molar-refractivity contribution in [1.82, 2.24) is 19.4 Å². The number of benzene rings is 3. The Kier molecular flexibility index (Phi) is 8.52. The van der Waals surface area contributed by atoms with Gasteiger partial charge in [-0.1, -0.05) is 29.8 Å². The number of rotatable bonds is 10. The van der Waals surface area contributed by atoms with Crippen LogP contribution in [0.1, 0.15) is 64.2 Å². The fourth-order valence-corrected chi connectivity index (χ4v) is 7.77. The summed E-state index contributed by atoms with van der Waals surface area (Å²) in [6.07, 6.45) is 5.80. The number of nitrogens with one attached hydrogen (secondary N) is 2. The normalized spacial score (nSPS) is 18.7. The van der Waals surface area contributed by atoms with Gasteiger partial charge in [0.05, 0.1) is 41.3 Å². The van der Waals surface area contributed by atoms with Gasteiger partial charge in [0.2, 0.25) is 11.8 Å². The van der Waals surface area contributed by atoms with Gasteiger partial charge in [-0.2, -0.15) is 0 Å². The van der Waals surface area contributed by atoms with Crippen LogP contribution < -0.4 is 15.4 Å². The summed E-state index contributed by atoms with van der Waals surface area (Å²) in [6.45, 7) is 5.65. The molecule has 9 rings (SSSR count). The molecular weight excluding hydrogens is 695 g/mol. The first kappa shape index (κ1) is 33.7. The number of hydrogen-bond acceptors (Lipinski definition) is 7. The number of pyridine rings is 1. The summed E-state index contributed by atoms with van der Waals surface area (Å²) in [6, 6.07) is 19.7. The van der Waals surface area contributed by atoms with E-state index in [2.05, 4.69) is 26.2 Å². The molecule has 0 bridgehead atoms. The Balaban J connectivity index is 0.899. The lowest BCUT2D eigenvalue weighted by Crippen LogP contribution is -2.33. The minimum absolute atomic E-state index is 0.0569. The maximum atomic E-state index is 14.2. The molecule has 1 saturated carbocycles. The third-order valence-corrected chi connectivity index (χ3v) is 11.1. The summed E-state index contributed by atoms with van der Waals surface area (Å²) in [5.41, 5.74) is 7.68. The molecule has 10 nitrogen and oxygen atoms in total. The molecule has 2 fully saturated rings. The predicted molar refractivity (Wildman–Crippen MR) is 201 cm³/mol. The van der Waals surface area contributed by atoms with E-state index >= 15 is 0 Å². The Morgan fingerprint density at radius 2 is 2.00 bits per heavy atom. The average Bonchev–Trinajstić information content (AvgIpc) is 3.81. The van der Waals surface area contributed by atoms with Gasteiger partial charge >= 0.3 is 0 Å². The number of imidazole rings is 1. The molecule has 270 valence electrons. The van der Waals surface area contributed by atoms with Crippen molar-refractivity contribution in [1.29, 1.82) is 0 Å². The highest BCUT2D eigenvalue weighted by Crippen LogP contribution is 2.56. The van der Waals surface area contributed by atoms with Crippen molar-refractivity contribution < 1.29 is 23.5 Å². The second kappa shape index (κ2) is 13.4. The van der Waals surface area contributed by atoms with E-state index in [4.69, 9.17) is 31.0 Å². The zero-order valence-corrected chi connectivity index (χ0v) is 30.0. The number of carbonyl (C=O) groups excluding carboxylic acids is 2. The maximum Gasteiger partial charge on any atom is 0.255 e. The van der Waals surface area contributed by atoms with Crippen LogP contribution in [0.2, 0.25) is 5.02 Å². The highest BCUT2D eigenvalue weighted by molar-refractivity contribution is 6.30. The molecule has 3 aliphatic heterocycles. The lowest BCUT2D eigenvalue weighted by atomic mass is 9.95. The summed E-state index contributed by atoms with van der Waals surface area (Å²) in [5, 5.41) is 6.45. The molecule has 2 aromatic heterocycles. The molecule has 2 amide bonds. The third kappa shape index (κ3) is 6.47. The zero-order valence-electron chi connectivity index (χ0n) is 29.3. The standard InChI is InChI=1S/C41H38ClFN6O4/c1-24-17-29(20-31-38(24)47-40(51)41(31)12-13-41)44-39(50)26-6-8-35-34(18-26)45-36(49(35)21-30-11-16-52-30)22-48-14-9-25(10-15-48)33-3-2-4-37(46-33)53-23-27-5-7-28(42)19-32(27)43/h2-9,17-20,30H,10-16,21-23H2,1H3,(H,44,50)(H,47,51)/t30-/m0/s1. The van der Waals surface area contributed by atoms with Crippen LogP contribution in [0.15, 0.2) is 72.8 Å². The van der Waals surface area contributed by atoms with Gasteiger partial charge in [0, 0.05) is 53.3 Å². The van der Waals surface area contributed by atoms with Gasteiger partial charge in [0.25, 0.3) is 5.91 Å². The van der Waals surface area contributed by atoms with E-state index in [1.807, 2.05) is 49.4 Å². The van der Waals surface area contributed by atoms with E-state index in [1.54, 1.807) is 18.2 Å². The highest BCUT2D eigenvalue weighted by Gasteiger charge is 2.56. The van der Waals surface area contributed by atoms with Crippen molar-refractivity contribution in [2.24, 2.45) is 0 Å². The van der Waals surface area contributed by atoms with E-state index in [-0.39, 0.29) is 24.5 Å². The fraction of sp³-hybridized carbons (Fsp3) is 0.317. The second-order valence-electron chi connectivity index (χ2n) is 14.4. The van der Waals surface area contributed by atoms with Crippen LogP contribution >= 0.6 is 11.6 Å². The van der Waals surface area contributed by atoms with Crippen LogP contribution in [-0.4, -0.2) is 57.0 Å². The molecule has 1 saturated heterocycles. The van der Waals surface area contributed by atoms with E-state index in [9.17, 15) is 14.0 Å². The second-order valence-corrected chi connectivity index (χ2v) is 14.9. The summed E-state index contributed by atoms with van der Waals surface area (Å²) >= 11 is 5.88. The van der Waals surface area contributed by atoms with E-state index < -0.39 is 11.2 Å². The number of nitrogens with zero attached hydrogens (tertiary/aromatic N) is 4. The first-order valence-electron chi connectivity index (χ1n) is 18.1. The average molecular weight is 733 g/mol. The van der Waals surface area contributed by atoms with Crippen molar-refractivity contribution in [3.63, 3.8) is 0 Å². The molecule has 0 unspecified atom stereocenters. The molecule has 12 heteroatoms. The molecule has 1 aliphatic carbocycles. The van der Waals surface area contributed by atoms with Crippen molar-refractivity contribution in [2.75, 3.05) is 30.3 Å². The summed E-state index contributed by atoms with van der Waals surface area (Å²) in [4.78, 5) is 38.3. The van der Waals surface area contributed by atoms with Crippen LogP contribution in [0.3, 0.4) is 0 Å². The van der Waals surface area contributed by atoms with Gasteiger partial charge in [-0.3, -0.25) is 14.5 Å². The predicted octanol–water partition coefficient (Wildman–Crippen LogP) is 7.43. The molecular formula is C41H38ClFN6O4. The van der Waals surface area contributed by atoms with Gasteiger partial charge in [-0.25, -0.2) is 14.4 Å². The highest BCUT2D eigenvalue weighted by atomic mass is 35.5. The molecule has 3 aromatic carbocycles. The molecule has 5 aromatic rings. The van der Waals surface area contributed by atoms with Gasteiger partial charge in [-0.05, 0) is 97.8 Å². The molecule has 4 aliphatic rings. The van der Waals surface area contributed by atoms with Crippen LogP contribution in [0, 0.1) is 12.7 Å². The largest absolute Gasteiger partial charge is 0.473 e. The summed E-state index contributed by atoms with van der Waals surface area (Å²) in [7, 11) is 0. The molecule has 53 heavy (non-hydrogen) atoms. The van der Waals surface area contributed by atoms with Crippen molar-refractivity contribution in [3.8, 4) is 5.88 Å². The Morgan fingerprint density at radius 3 is 2.75 bits per heavy atom. The number of halogens is 2. The molecule has 1 atom stereocenters. The number of aryl methyl sites for hydroxylation is 1. The zero-order chi connectivity index (χ0) is 36.3. The Morgan fingerprint density at radius 1 is 1.13 bits per heavy atom. The van der Waals surface area contributed by atoms with E-state index in [0.29, 0.717) is 40.8 Å². The van der Waals surface area contributed by atoms with E-state index in [1.165, 1.54) is 6.07 Å². The van der Waals surface area contributed by atoms with Gasteiger partial charge in [-0.15, -0.1) is 0 Å². The smallest absolute Gasteiger partial charge is 0.255 e. The number of anilines is 2. The van der Waals surface area contributed by atoms with E-state index in [0.717, 1.165) is 90.3 Å². The minimum Gasteiger partial charge on any atom is -0.473 e. The first-order chi connectivity index (χ1) is 25.7. The minimum atomic E-state index is -0.433. The Bertz CT molecular complexity index is 2330. The van der Waals surface area contributed by atoms with Crippen molar-refractivity contribution in [3.05, 3.63) is 117 Å². The first-order valence-corrected chi connectivity index (χ1v) is 18.4. The topological polar surface area (TPSA) is 111 Å². The molecule has 5 heterocycles. The Labute approximate surface area is 311 Å². The number of amides is 2. The summed E-state index contributed by atoms with van der Waals surface area (Å²) in [5.74, 6) is 0.786. The number of hydrogen-bond donors (Lipinski definition) is 2. The quantitative estimate of drug-likeness (QED) is 0.154. The number of carbonyl (C=O) groups is 2. The van der Waals surface area contributed by atoms with Crippen LogP contribution in [0.25, 0.3) is 16.6 Å². The summed E-state index contributed by atoms with van der Waals surface area (Å²) < 4.78 is 28.1. The third-order valence-electron chi connectivity index (χ3n) is 10.9. The molecule has 2 N–H and O–H groups in total. The van der Waals surface area contributed by atoms with Crippen molar-refractivity contribution in [2.45, 2.75) is 63.8 Å². The van der Waals surface area contributed by atoms with Crippen molar-refractivity contribution >= 4 is 51.4 Å².